The number of para-hydroxylation sites is 1. The van der Waals surface area contributed by atoms with Crippen LogP contribution in [0.15, 0.2) is 24.3 Å². The van der Waals surface area contributed by atoms with Gasteiger partial charge in [-0.15, -0.1) is 6.42 Å². The summed E-state index contributed by atoms with van der Waals surface area (Å²) in [4.78, 5) is 13.7. The zero-order valence-electron chi connectivity index (χ0n) is 10.8. The Morgan fingerprint density at radius 3 is 2.94 bits per heavy atom. The van der Waals surface area contributed by atoms with Gasteiger partial charge in [-0.2, -0.15) is 0 Å². The molecule has 94 valence electrons. The number of amides is 1. The number of terminal acetylenes is 1. The summed E-state index contributed by atoms with van der Waals surface area (Å²) >= 11 is 0. The minimum absolute atomic E-state index is 0.0132. The summed E-state index contributed by atoms with van der Waals surface area (Å²) < 4.78 is 0. The number of nitrogens with zero attached hydrogens (tertiary/aromatic N) is 1. The van der Waals surface area contributed by atoms with E-state index in [4.69, 9.17) is 6.42 Å². The Morgan fingerprint density at radius 1 is 1.56 bits per heavy atom. The lowest BCUT2D eigenvalue weighted by molar-refractivity contribution is -0.119. The van der Waals surface area contributed by atoms with Crippen LogP contribution in [0.1, 0.15) is 31.4 Å². The molecule has 1 aliphatic heterocycles. The molecule has 0 aliphatic carbocycles. The highest BCUT2D eigenvalue weighted by Crippen LogP contribution is 2.33. The van der Waals surface area contributed by atoms with Gasteiger partial charge in [0.05, 0.1) is 6.04 Å². The summed E-state index contributed by atoms with van der Waals surface area (Å²) in [6, 6.07) is 8.00. The molecule has 0 saturated carbocycles. The Hall–Kier alpha value is -1.79. The van der Waals surface area contributed by atoms with Gasteiger partial charge in [-0.1, -0.05) is 31.0 Å². The third-order valence-corrected chi connectivity index (χ3v) is 3.44. The Kier molecular flexibility index (Phi) is 3.69. The smallest absolute Gasteiger partial charge is 0.228 e. The van der Waals surface area contributed by atoms with Gasteiger partial charge in [-0.3, -0.25) is 10.1 Å². The number of anilines is 1. The first kappa shape index (κ1) is 12.7. The van der Waals surface area contributed by atoms with Crippen LogP contribution in [0.5, 0.6) is 0 Å². The van der Waals surface area contributed by atoms with Crippen LogP contribution in [0.3, 0.4) is 0 Å². The van der Waals surface area contributed by atoms with Crippen LogP contribution >= 0.6 is 0 Å². The maximum atomic E-state index is 12.0. The fraction of sp³-hybridized carbons (Fsp3) is 0.400. The molecule has 1 heterocycles. The van der Waals surface area contributed by atoms with Gasteiger partial charge in [0.15, 0.2) is 0 Å². The molecule has 0 fully saturated rings. The van der Waals surface area contributed by atoms with Crippen molar-refractivity contribution in [3.05, 3.63) is 29.8 Å². The zero-order chi connectivity index (χ0) is 13.1. The molecule has 1 aliphatic rings. The third kappa shape index (κ3) is 2.25. The summed E-state index contributed by atoms with van der Waals surface area (Å²) in [5.74, 6) is 2.84. The minimum Gasteiger partial charge on any atom is -0.315 e. The second kappa shape index (κ2) is 5.24. The SMILES string of the molecule is C#CC(CC)NC1CC(=O)N(C)c2ccccc21. The number of hydrogen-bond acceptors (Lipinski definition) is 2. The zero-order valence-corrected chi connectivity index (χ0v) is 10.8. The van der Waals surface area contributed by atoms with E-state index in [1.165, 1.54) is 0 Å². The van der Waals surface area contributed by atoms with E-state index in [-0.39, 0.29) is 18.0 Å². The van der Waals surface area contributed by atoms with Crippen LogP contribution in [-0.4, -0.2) is 19.0 Å². The number of carbonyl (C=O) groups excluding carboxylic acids is 1. The van der Waals surface area contributed by atoms with Crippen LogP contribution in [0.2, 0.25) is 0 Å². The van der Waals surface area contributed by atoms with Gasteiger partial charge in [0, 0.05) is 25.2 Å². The van der Waals surface area contributed by atoms with Crippen LogP contribution in [0.4, 0.5) is 5.69 Å². The maximum absolute atomic E-state index is 12.0. The van der Waals surface area contributed by atoms with Crippen LogP contribution in [0, 0.1) is 12.3 Å². The highest BCUT2D eigenvalue weighted by molar-refractivity contribution is 5.96. The van der Waals surface area contributed by atoms with Crippen LogP contribution in [0.25, 0.3) is 0 Å². The fourth-order valence-corrected chi connectivity index (χ4v) is 2.32. The van der Waals surface area contributed by atoms with Crippen molar-refractivity contribution in [1.82, 2.24) is 5.32 Å². The molecule has 0 saturated heterocycles. The van der Waals surface area contributed by atoms with E-state index in [9.17, 15) is 4.79 Å². The van der Waals surface area contributed by atoms with Crippen LogP contribution < -0.4 is 10.2 Å². The number of benzene rings is 1. The van der Waals surface area contributed by atoms with E-state index in [1.807, 2.05) is 32.2 Å². The number of nitrogens with one attached hydrogen (secondary N) is 1. The second-order valence-corrected chi connectivity index (χ2v) is 4.56. The lowest BCUT2D eigenvalue weighted by Gasteiger charge is -2.33. The van der Waals surface area contributed by atoms with Crippen molar-refractivity contribution in [3.8, 4) is 12.3 Å². The van der Waals surface area contributed by atoms with Crippen molar-refractivity contribution in [2.24, 2.45) is 0 Å². The summed E-state index contributed by atoms with van der Waals surface area (Å²) in [5, 5.41) is 3.38. The molecule has 1 amide bonds. The minimum atomic E-state index is 0.0132. The molecule has 1 N–H and O–H groups in total. The van der Waals surface area contributed by atoms with Crippen molar-refractivity contribution < 1.29 is 4.79 Å². The van der Waals surface area contributed by atoms with Crippen molar-refractivity contribution in [2.45, 2.75) is 31.8 Å². The Labute approximate surface area is 108 Å². The van der Waals surface area contributed by atoms with Gasteiger partial charge in [0.25, 0.3) is 0 Å². The summed E-state index contributed by atoms with van der Waals surface area (Å²) in [7, 11) is 1.82. The van der Waals surface area contributed by atoms with E-state index in [0.29, 0.717) is 6.42 Å². The molecule has 0 aromatic heterocycles. The molecular formula is C15H18N2O. The van der Waals surface area contributed by atoms with Gasteiger partial charge >= 0.3 is 0 Å². The normalized spacial score (nSPS) is 20.2. The molecule has 1 aromatic rings. The van der Waals surface area contributed by atoms with E-state index in [2.05, 4.69) is 17.3 Å². The Morgan fingerprint density at radius 2 is 2.28 bits per heavy atom. The molecular weight excluding hydrogens is 224 g/mol. The number of hydrogen-bond donors (Lipinski definition) is 1. The molecule has 2 rings (SSSR count). The van der Waals surface area contributed by atoms with Crippen molar-refractivity contribution in [1.29, 1.82) is 0 Å². The highest BCUT2D eigenvalue weighted by atomic mass is 16.2. The Bertz CT molecular complexity index is 490. The summed E-state index contributed by atoms with van der Waals surface area (Å²) in [5.41, 5.74) is 2.12. The van der Waals surface area contributed by atoms with Gasteiger partial charge in [0.1, 0.15) is 0 Å². The van der Waals surface area contributed by atoms with Crippen molar-refractivity contribution in [2.75, 3.05) is 11.9 Å². The average molecular weight is 242 g/mol. The van der Waals surface area contributed by atoms with Gasteiger partial charge in [0.2, 0.25) is 5.91 Å². The molecule has 0 spiro atoms. The maximum Gasteiger partial charge on any atom is 0.228 e. The molecule has 0 radical (unpaired) electrons. The summed E-state index contributed by atoms with van der Waals surface area (Å²) in [6.45, 7) is 2.04. The van der Waals surface area contributed by atoms with Gasteiger partial charge in [-0.25, -0.2) is 0 Å². The quantitative estimate of drug-likeness (QED) is 0.823. The fourth-order valence-electron chi connectivity index (χ4n) is 2.32. The van der Waals surface area contributed by atoms with E-state index in [1.54, 1.807) is 4.90 Å². The largest absolute Gasteiger partial charge is 0.315 e. The molecule has 1 aromatic carbocycles. The predicted octanol–water partition coefficient (Wildman–Crippen LogP) is 2.10. The molecule has 0 bridgehead atoms. The molecule has 3 nitrogen and oxygen atoms in total. The Balaban J connectivity index is 2.31. The first-order valence-corrected chi connectivity index (χ1v) is 6.25. The molecule has 18 heavy (non-hydrogen) atoms. The first-order chi connectivity index (χ1) is 8.67. The van der Waals surface area contributed by atoms with E-state index >= 15 is 0 Å². The lowest BCUT2D eigenvalue weighted by atomic mass is 9.95. The number of carbonyl (C=O) groups is 1. The summed E-state index contributed by atoms with van der Waals surface area (Å²) in [6.07, 6.45) is 6.80. The van der Waals surface area contributed by atoms with Crippen molar-refractivity contribution in [3.63, 3.8) is 0 Å². The molecule has 2 unspecified atom stereocenters. The lowest BCUT2D eigenvalue weighted by Crippen LogP contribution is -2.40. The predicted molar refractivity (Wildman–Crippen MR) is 73.3 cm³/mol. The third-order valence-electron chi connectivity index (χ3n) is 3.44. The second-order valence-electron chi connectivity index (χ2n) is 4.56. The molecule has 3 heteroatoms. The van der Waals surface area contributed by atoms with E-state index in [0.717, 1.165) is 17.7 Å². The van der Waals surface area contributed by atoms with Crippen molar-refractivity contribution >= 4 is 11.6 Å². The average Bonchev–Trinajstić information content (AvgIpc) is 2.41. The van der Waals surface area contributed by atoms with Crippen LogP contribution in [-0.2, 0) is 4.79 Å². The first-order valence-electron chi connectivity index (χ1n) is 6.25. The van der Waals surface area contributed by atoms with E-state index < -0.39 is 0 Å². The topological polar surface area (TPSA) is 32.3 Å². The number of rotatable bonds is 3. The number of fused-ring (bicyclic) bond motifs is 1. The van der Waals surface area contributed by atoms with Gasteiger partial charge < -0.3 is 4.90 Å². The monoisotopic (exact) mass is 242 g/mol. The standard InChI is InChI=1S/C15H18N2O/c1-4-11(5-2)16-13-10-15(18)17(3)14-9-7-6-8-12(13)14/h1,6-9,11,13,16H,5,10H2,2-3H3. The van der Waals surface area contributed by atoms with Gasteiger partial charge in [-0.05, 0) is 18.1 Å². The molecule has 2 atom stereocenters. The highest BCUT2D eigenvalue weighted by Gasteiger charge is 2.29.